The molecule has 3 heterocycles. The normalized spacial score (nSPS) is 18.1. The molecular weight excluding hydrogens is 424 g/mol. The lowest BCUT2D eigenvalue weighted by molar-refractivity contribution is -0.125. The van der Waals surface area contributed by atoms with Gasteiger partial charge in [0.15, 0.2) is 0 Å². The molecule has 1 aromatic carbocycles. The molecule has 0 saturated carbocycles. The molecule has 0 atom stereocenters. The van der Waals surface area contributed by atoms with Crippen molar-refractivity contribution in [3.63, 3.8) is 0 Å². The van der Waals surface area contributed by atoms with Crippen molar-refractivity contribution in [3.8, 4) is 0 Å². The zero-order valence-electron chi connectivity index (χ0n) is 18.8. The number of carbonyl (C=O) groups is 1. The Bertz CT molecular complexity index is 894. The number of aromatic nitrogens is 2. The summed E-state index contributed by atoms with van der Waals surface area (Å²) in [5.41, 5.74) is 2.17. The first-order valence-electron chi connectivity index (χ1n) is 11.6. The Morgan fingerprint density at radius 3 is 2.59 bits per heavy atom. The molecule has 4 rings (SSSR count). The molecule has 32 heavy (non-hydrogen) atoms. The van der Waals surface area contributed by atoms with Crippen LogP contribution in [0.15, 0.2) is 36.5 Å². The van der Waals surface area contributed by atoms with Gasteiger partial charge in [-0.1, -0.05) is 17.7 Å². The van der Waals surface area contributed by atoms with Crippen molar-refractivity contribution in [3.05, 3.63) is 47.2 Å². The van der Waals surface area contributed by atoms with Crippen LogP contribution < -0.4 is 15.1 Å². The third kappa shape index (κ3) is 6.11. The maximum absolute atomic E-state index is 12.6. The maximum Gasteiger partial charge on any atom is 0.225 e. The van der Waals surface area contributed by atoms with Crippen molar-refractivity contribution in [2.75, 3.05) is 62.2 Å². The maximum atomic E-state index is 12.6. The average molecular weight is 457 g/mol. The van der Waals surface area contributed by atoms with Crippen LogP contribution in [0.2, 0.25) is 5.02 Å². The molecule has 1 amide bonds. The zero-order chi connectivity index (χ0) is 22.3. The second-order valence-electron chi connectivity index (χ2n) is 8.71. The fraction of sp³-hybridized carbons (Fsp3) is 0.542. The van der Waals surface area contributed by atoms with Crippen LogP contribution in [-0.2, 0) is 4.79 Å². The lowest BCUT2D eigenvalue weighted by Gasteiger charge is -2.36. The topological polar surface area (TPSA) is 64.6 Å². The monoisotopic (exact) mass is 456 g/mol. The van der Waals surface area contributed by atoms with Crippen LogP contribution in [0.1, 0.15) is 25.0 Å². The number of aryl methyl sites for hydroxylation is 1. The molecule has 2 fully saturated rings. The van der Waals surface area contributed by atoms with Gasteiger partial charge in [0.1, 0.15) is 0 Å². The first-order valence-corrected chi connectivity index (χ1v) is 12.0. The van der Waals surface area contributed by atoms with Crippen LogP contribution in [0, 0.1) is 12.8 Å². The number of halogens is 1. The molecule has 2 aliphatic rings. The summed E-state index contributed by atoms with van der Waals surface area (Å²) in [4.78, 5) is 28.5. The number of nitrogens with zero attached hydrogens (tertiary/aromatic N) is 5. The number of piperazine rings is 1. The van der Waals surface area contributed by atoms with Gasteiger partial charge in [-0.15, -0.1) is 0 Å². The fourth-order valence-corrected chi connectivity index (χ4v) is 4.68. The minimum Gasteiger partial charge on any atom is -0.369 e. The molecular formula is C24H33ClN6O. The first kappa shape index (κ1) is 22.8. The van der Waals surface area contributed by atoms with E-state index in [0.29, 0.717) is 0 Å². The van der Waals surface area contributed by atoms with Crippen LogP contribution in [-0.4, -0.2) is 73.1 Å². The molecule has 0 unspecified atom stereocenters. The number of piperidine rings is 1. The Labute approximate surface area is 195 Å². The van der Waals surface area contributed by atoms with Crippen LogP contribution in [0.5, 0.6) is 0 Å². The fourth-order valence-electron chi connectivity index (χ4n) is 4.49. The van der Waals surface area contributed by atoms with Gasteiger partial charge < -0.3 is 15.1 Å². The molecule has 7 nitrogen and oxygen atoms in total. The number of anilines is 2. The Hall–Kier alpha value is -2.38. The van der Waals surface area contributed by atoms with E-state index in [1.165, 1.54) is 5.69 Å². The lowest BCUT2D eigenvalue weighted by atomic mass is 9.96. The molecule has 2 saturated heterocycles. The quantitative estimate of drug-likeness (QED) is 0.646. The van der Waals surface area contributed by atoms with Crippen molar-refractivity contribution in [1.82, 2.24) is 20.2 Å². The van der Waals surface area contributed by atoms with Gasteiger partial charge in [-0.3, -0.25) is 9.69 Å². The lowest BCUT2D eigenvalue weighted by Crippen LogP contribution is -2.47. The second-order valence-corrected chi connectivity index (χ2v) is 9.15. The van der Waals surface area contributed by atoms with Crippen molar-refractivity contribution >= 4 is 29.1 Å². The summed E-state index contributed by atoms with van der Waals surface area (Å²) >= 11 is 6.12. The minimum atomic E-state index is 0.0947. The van der Waals surface area contributed by atoms with Crippen molar-refractivity contribution in [1.29, 1.82) is 0 Å². The molecule has 2 aliphatic heterocycles. The Morgan fingerprint density at radius 1 is 1.09 bits per heavy atom. The predicted octanol–water partition coefficient (Wildman–Crippen LogP) is 2.98. The highest BCUT2D eigenvalue weighted by Gasteiger charge is 2.26. The van der Waals surface area contributed by atoms with Crippen molar-refractivity contribution in [2.45, 2.75) is 26.2 Å². The Kier molecular flexibility index (Phi) is 7.81. The number of hydrogen-bond donors (Lipinski definition) is 1. The molecule has 0 bridgehead atoms. The van der Waals surface area contributed by atoms with E-state index in [2.05, 4.69) is 36.1 Å². The van der Waals surface area contributed by atoms with Gasteiger partial charge >= 0.3 is 0 Å². The highest BCUT2D eigenvalue weighted by Crippen LogP contribution is 2.22. The molecule has 2 aromatic rings. The number of nitrogens with one attached hydrogen (secondary N) is 1. The van der Waals surface area contributed by atoms with E-state index >= 15 is 0 Å². The van der Waals surface area contributed by atoms with Crippen molar-refractivity contribution < 1.29 is 4.79 Å². The van der Waals surface area contributed by atoms with Crippen LogP contribution in [0.25, 0.3) is 0 Å². The summed E-state index contributed by atoms with van der Waals surface area (Å²) in [5, 5.41) is 3.94. The van der Waals surface area contributed by atoms with Gasteiger partial charge in [0.25, 0.3) is 0 Å². The highest BCUT2D eigenvalue weighted by atomic mass is 35.5. The van der Waals surface area contributed by atoms with E-state index in [0.717, 1.165) is 88.3 Å². The highest BCUT2D eigenvalue weighted by molar-refractivity contribution is 6.30. The van der Waals surface area contributed by atoms with E-state index in [4.69, 9.17) is 11.6 Å². The number of benzene rings is 1. The van der Waals surface area contributed by atoms with Crippen LogP contribution in [0.4, 0.5) is 11.6 Å². The Morgan fingerprint density at radius 2 is 1.88 bits per heavy atom. The van der Waals surface area contributed by atoms with E-state index in [-0.39, 0.29) is 11.8 Å². The third-order valence-electron chi connectivity index (χ3n) is 6.43. The van der Waals surface area contributed by atoms with E-state index in [1.54, 1.807) is 6.20 Å². The van der Waals surface area contributed by atoms with Gasteiger partial charge in [0.2, 0.25) is 11.9 Å². The largest absolute Gasteiger partial charge is 0.369 e. The van der Waals surface area contributed by atoms with Crippen LogP contribution >= 0.6 is 11.6 Å². The van der Waals surface area contributed by atoms with E-state index in [9.17, 15) is 4.79 Å². The molecule has 0 aliphatic carbocycles. The number of amides is 1. The smallest absolute Gasteiger partial charge is 0.225 e. The second kappa shape index (κ2) is 11.0. The summed E-state index contributed by atoms with van der Waals surface area (Å²) in [6.45, 7) is 9.51. The molecule has 0 spiro atoms. The standard InChI is InChI=1S/C24H33ClN6O/c1-19-6-10-27-24(28-19)31-12-7-20(8-13-31)23(32)26-9-3-11-29-14-16-30(17-15-29)22-5-2-4-21(25)18-22/h2,4-6,10,18,20H,3,7-9,11-17H2,1H3,(H,26,32). The van der Waals surface area contributed by atoms with Crippen LogP contribution in [0.3, 0.4) is 0 Å². The summed E-state index contributed by atoms with van der Waals surface area (Å²) < 4.78 is 0. The summed E-state index contributed by atoms with van der Waals surface area (Å²) in [6, 6.07) is 9.98. The third-order valence-corrected chi connectivity index (χ3v) is 6.66. The molecule has 172 valence electrons. The average Bonchev–Trinajstić information content (AvgIpc) is 2.82. The van der Waals surface area contributed by atoms with Gasteiger partial charge in [0, 0.05) is 74.3 Å². The molecule has 1 aromatic heterocycles. The minimum absolute atomic E-state index is 0.0947. The van der Waals surface area contributed by atoms with Gasteiger partial charge in [-0.25, -0.2) is 9.97 Å². The summed E-state index contributed by atoms with van der Waals surface area (Å²) in [6.07, 6.45) is 4.50. The van der Waals surface area contributed by atoms with Gasteiger partial charge in [0.05, 0.1) is 0 Å². The number of carbonyl (C=O) groups excluding carboxylic acids is 1. The molecule has 1 N–H and O–H groups in total. The molecule has 8 heteroatoms. The SMILES string of the molecule is Cc1ccnc(N2CCC(C(=O)NCCCN3CCN(c4cccc(Cl)c4)CC3)CC2)n1. The van der Waals surface area contributed by atoms with Crippen molar-refractivity contribution in [2.24, 2.45) is 5.92 Å². The number of rotatable bonds is 7. The first-order chi connectivity index (χ1) is 15.6. The predicted molar refractivity (Wildman–Crippen MR) is 129 cm³/mol. The molecule has 0 radical (unpaired) electrons. The van der Waals surface area contributed by atoms with Gasteiger partial charge in [-0.05, 0) is 57.0 Å². The summed E-state index contributed by atoms with van der Waals surface area (Å²) in [5.74, 6) is 1.07. The number of hydrogen-bond acceptors (Lipinski definition) is 6. The van der Waals surface area contributed by atoms with Gasteiger partial charge in [-0.2, -0.15) is 0 Å². The van der Waals surface area contributed by atoms with E-state index < -0.39 is 0 Å². The Balaban J connectivity index is 1.11. The van der Waals surface area contributed by atoms with E-state index in [1.807, 2.05) is 31.2 Å². The summed E-state index contributed by atoms with van der Waals surface area (Å²) in [7, 11) is 0. The zero-order valence-corrected chi connectivity index (χ0v) is 19.6.